The van der Waals surface area contributed by atoms with E-state index in [0.717, 1.165) is 5.56 Å². The molecule has 2 rings (SSSR count). The van der Waals surface area contributed by atoms with E-state index >= 15 is 0 Å². The largest absolute Gasteiger partial charge is 0.391 e. The van der Waals surface area contributed by atoms with Gasteiger partial charge in [0.15, 0.2) is 0 Å². The minimum absolute atomic E-state index is 0.202. The number of rotatable bonds is 1. The Kier molecular flexibility index (Phi) is 4.62. The number of amides is 2. The van der Waals surface area contributed by atoms with Gasteiger partial charge < -0.3 is 15.3 Å². The SMILES string of the molecule is Cc1cccc(NC(=O)C(=O)N2CCCC(O)C2)c1Cl. The summed E-state index contributed by atoms with van der Waals surface area (Å²) in [5.74, 6) is -1.37. The number of piperidine rings is 1. The topological polar surface area (TPSA) is 69.6 Å². The van der Waals surface area contributed by atoms with E-state index in [-0.39, 0.29) is 6.54 Å². The van der Waals surface area contributed by atoms with E-state index in [1.807, 2.05) is 13.0 Å². The lowest BCUT2D eigenvalue weighted by Gasteiger charge is -2.29. The number of β-amino-alcohol motifs (C(OH)–C–C–N with tert-alkyl or cyclic N) is 1. The monoisotopic (exact) mass is 296 g/mol. The molecule has 1 aromatic carbocycles. The molecule has 1 aliphatic heterocycles. The van der Waals surface area contributed by atoms with Gasteiger partial charge in [0.2, 0.25) is 0 Å². The number of hydrogen-bond donors (Lipinski definition) is 2. The van der Waals surface area contributed by atoms with Crippen LogP contribution in [0.15, 0.2) is 18.2 Å². The van der Waals surface area contributed by atoms with Crippen LogP contribution in [-0.4, -0.2) is 41.0 Å². The fourth-order valence-corrected chi connectivity index (χ4v) is 2.38. The number of carbonyl (C=O) groups excluding carboxylic acids is 2. The molecule has 0 bridgehead atoms. The Labute approximate surface area is 122 Å². The van der Waals surface area contributed by atoms with E-state index in [0.29, 0.717) is 30.1 Å². The number of carbonyl (C=O) groups is 2. The van der Waals surface area contributed by atoms with Crippen LogP contribution in [0.4, 0.5) is 5.69 Å². The third-order valence-electron chi connectivity index (χ3n) is 3.32. The molecule has 1 fully saturated rings. The Morgan fingerprint density at radius 1 is 1.45 bits per heavy atom. The van der Waals surface area contributed by atoms with Crippen molar-refractivity contribution in [3.63, 3.8) is 0 Å². The first kappa shape index (κ1) is 14.8. The predicted octanol–water partition coefficient (Wildman–Crippen LogP) is 1.57. The maximum Gasteiger partial charge on any atom is 0.313 e. The number of hydrogen-bond acceptors (Lipinski definition) is 3. The lowest BCUT2D eigenvalue weighted by atomic mass is 10.1. The summed E-state index contributed by atoms with van der Waals surface area (Å²) in [6, 6.07) is 5.22. The smallest absolute Gasteiger partial charge is 0.313 e. The van der Waals surface area contributed by atoms with Crippen molar-refractivity contribution in [1.82, 2.24) is 4.90 Å². The van der Waals surface area contributed by atoms with Gasteiger partial charge in [0.05, 0.1) is 16.8 Å². The lowest BCUT2D eigenvalue weighted by Crippen LogP contribution is -2.46. The zero-order chi connectivity index (χ0) is 14.7. The summed E-state index contributed by atoms with van der Waals surface area (Å²) < 4.78 is 0. The Morgan fingerprint density at radius 2 is 2.20 bits per heavy atom. The fourth-order valence-electron chi connectivity index (χ4n) is 2.20. The highest BCUT2D eigenvalue weighted by Crippen LogP contribution is 2.25. The molecule has 1 unspecified atom stereocenters. The lowest BCUT2D eigenvalue weighted by molar-refractivity contribution is -0.145. The Morgan fingerprint density at radius 3 is 2.90 bits per heavy atom. The van der Waals surface area contributed by atoms with Crippen LogP contribution in [0.1, 0.15) is 18.4 Å². The molecule has 1 atom stereocenters. The maximum absolute atomic E-state index is 12.0. The molecule has 0 aliphatic carbocycles. The number of halogens is 1. The molecular formula is C14H17ClN2O3. The summed E-state index contributed by atoms with van der Waals surface area (Å²) in [6.45, 7) is 2.51. The highest BCUT2D eigenvalue weighted by molar-refractivity contribution is 6.41. The third-order valence-corrected chi connectivity index (χ3v) is 3.82. The van der Waals surface area contributed by atoms with Crippen LogP contribution in [0.5, 0.6) is 0 Å². The molecule has 1 aromatic rings. The molecule has 0 saturated carbocycles. The van der Waals surface area contributed by atoms with Gasteiger partial charge in [0.25, 0.3) is 0 Å². The van der Waals surface area contributed by atoms with Crippen LogP contribution in [0.25, 0.3) is 0 Å². The van der Waals surface area contributed by atoms with Gasteiger partial charge in [-0.15, -0.1) is 0 Å². The van der Waals surface area contributed by atoms with Crippen LogP contribution in [0.3, 0.4) is 0 Å². The van der Waals surface area contributed by atoms with E-state index in [1.54, 1.807) is 12.1 Å². The minimum atomic E-state index is -0.730. The van der Waals surface area contributed by atoms with Gasteiger partial charge >= 0.3 is 11.8 Å². The standard InChI is InChI=1S/C14H17ClN2O3/c1-9-4-2-6-11(12(9)15)16-13(19)14(20)17-7-3-5-10(18)8-17/h2,4,6,10,18H,3,5,7-8H2,1H3,(H,16,19). The second kappa shape index (κ2) is 6.24. The van der Waals surface area contributed by atoms with Gasteiger partial charge in [-0.05, 0) is 31.4 Å². The quantitative estimate of drug-likeness (QED) is 0.773. The van der Waals surface area contributed by atoms with Gasteiger partial charge in [-0.1, -0.05) is 23.7 Å². The first-order valence-electron chi connectivity index (χ1n) is 6.52. The molecule has 0 radical (unpaired) electrons. The van der Waals surface area contributed by atoms with E-state index < -0.39 is 17.9 Å². The molecule has 1 saturated heterocycles. The van der Waals surface area contributed by atoms with E-state index in [2.05, 4.69) is 5.32 Å². The average Bonchev–Trinajstić information content (AvgIpc) is 2.43. The molecule has 108 valence electrons. The molecule has 1 heterocycles. The zero-order valence-electron chi connectivity index (χ0n) is 11.2. The van der Waals surface area contributed by atoms with Crippen molar-refractivity contribution in [2.24, 2.45) is 0 Å². The highest BCUT2D eigenvalue weighted by Gasteiger charge is 2.27. The first-order chi connectivity index (χ1) is 9.49. The van der Waals surface area contributed by atoms with E-state index in [9.17, 15) is 14.7 Å². The summed E-state index contributed by atoms with van der Waals surface area (Å²) >= 11 is 6.07. The van der Waals surface area contributed by atoms with Crippen molar-refractivity contribution in [1.29, 1.82) is 0 Å². The van der Waals surface area contributed by atoms with Crippen molar-refractivity contribution < 1.29 is 14.7 Å². The molecular weight excluding hydrogens is 280 g/mol. The number of anilines is 1. The van der Waals surface area contributed by atoms with Gasteiger partial charge in [-0.25, -0.2) is 0 Å². The Bertz CT molecular complexity index is 533. The normalized spacial score (nSPS) is 18.8. The van der Waals surface area contributed by atoms with Crippen LogP contribution in [0.2, 0.25) is 5.02 Å². The predicted molar refractivity (Wildman–Crippen MR) is 76.6 cm³/mol. The Hall–Kier alpha value is -1.59. The number of nitrogens with zero attached hydrogens (tertiary/aromatic N) is 1. The summed E-state index contributed by atoms with van der Waals surface area (Å²) in [6.07, 6.45) is 0.809. The number of benzene rings is 1. The number of aliphatic hydroxyl groups excluding tert-OH is 1. The van der Waals surface area contributed by atoms with Gasteiger partial charge in [-0.2, -0.15) is 0 Å². The molecule has 0 spiro atoms. The molecule has 0 aromatic heterocycles. The number of nitrogens with one attached hydrogen (secondary N) is 1. The first-order valence-corrected chi connectivity index (χ1v) is 6.90. The third kappa shape index (κ3) is 3.29. The van der Waals surface area contributed by atoms with Crippen molar-refractivity contribution in [3.8, 4) is 0 Å². The second-order valence-corrected chi connectivity index (χ2v) is 5.32. The summed E-state index contributed by atoms with van der Waals surface area (Å²) in [5.41, 5.74) is 1.24. The van der Waals surface area contributed by atoms with Crippen LogP contribution in [0, 0.1) is 6.92 Å². The molecule has 2 amide bonds. The molecule has 5 nitrogen and oxygen atoms in total. The van der Waals surface area contributed by atoms with Crippen molar-refractivity contribution >= 4 is 29.1 Å². The van der Waals surface area contributed by atoms with Gasteiger partial charge in [0.1, 0.15) is 0 Å². The second-order valence-electron chi connectivity index (χ2n) is 4.94. The highest BCUT2D eigenvalue weighted by atomic mass is 35.5. The Balaban J connectivity index is 2.04. The molecule has 1 aliphatic rings. The van der Waals surface area contributed by atoms with Crippen LogP contribution in [-0.2, 0) is 9.59 Å². The molecule has 20 heavy (non-hydrogen) atoms. The summed E-state index contributed by atoms with van der Waals surface area (Å²) in [7, 11) is 0. The summed E-state index contributed by atoms with van der Waals surface area (Å²) in [4.78, 5) is 25.3. The average molecular weight is 297 g/mol. The van der Waals surface area contributed by atoms with Gasteiger partial charge in [-0.3, -0.25) is 9.59 Å². The molecule has 2 N–H and O–H groups in total. The number of likely N-dealkylation sites (tertiary alicyclic amines) is 1. The van der Waals surface area contributed by atoms with Crippen molar-refractivity contribution in [3.05, 3.63) is 28.8 Å². The summed E-state index contributed by atoms with van der Waals surface area (Å²) in [5, 5.41) is 12.5. The number of aliphatic hydroxyl groups is 1. The van der Waals surface area contributed by atoms with Crippen molar-refractivity contribution in [2.75, 3.05) is 18.4 Å². The molecule has 6 heteroatoms. The van der Waals surface area contributed by atoms with Crippen molar-refractivity contribution in [2.45, 2.75) is 25.9 Å². The zero-order valence-corrected chi connectivity index (χ0v) is 12.0. The fraction of sp³-hybridized carbons (Fsp3) is 0.429. The van der Waals surface area contributed by atoms with Crippen LogP contribution >= 0.6 is 11.6 Å². The van der Waals surface area contributed by atoms with E-state index in [4.69, 9.17) is 11.6 Å². The van der Waals surface area contributed by atoms with Crippen LogP contribution < -0.4 is 5.32 Å². The minimum Gasteiger partial charge on any atom is -0.391 e. The maximum atomic E-state index is 12.0. The number of aryl methyl sites for hydroxylation is 1. The van der Waals surface area contributed by atoms with E-state index in [1.165, 1.54) is 4.90 Å². The van der Waals surface area contributed by atoms with Gasteiger partial charge in [0, 0.05) is 13.1 Å².